The molecule has 4 heteroatoms. The number of fused-ring (bicyclic) bond motifs is 1. The maximum Gasteiger partial charge on any atom is 0.151 e. The van der Waals surface area contributed by atoms with Gasteiger partial charge in [-0.3, -0.25) is 0 Å². The van der Waals surface area contributed by atoms with Crippen molar-refractivity contribution in [1.82, 2.24) is 19.7 Å². The molecule has 0 bridgehead atoms. The molecule has 2 aliphatic rings. The van der Waals surface area contributed by atoms with Gasteiger partial charge >= 0.3 is 0 Å². The normalized spacial score (nSPS) is 29.2. The second-order valence-electron chi connectivity index (χ2n) is 6.10. The van der Waals surface area contributed by atoms with Gasteiger partial charge in [-0.15, -0.1) is 0 Å². The standard InChI is InChI=1S/C14H24N4/c1-11-5-3-7-14-15-13(16-18(11)14)9-12-6-4-8-17(2)10-12/h11-12H,3-10H2,1-2H3. The largest absolute Gasteiger partial charge is 0.306 e. The third-order valence-electron chi connectivity index (χ3n) is 4.38. The van der Waals surface area contributed by atoms with Crippen LogP contribution < -0.4 is 0 Å². The van der Waals surface area contributed by atoms with E-state index in [0.29, 0.717) is 6.04 Å². The first kappa shape index (κ1) is 12.2. The van der Waals surface area contributed by atoms with Crippen molar-refractivity contribution in [2.45, 2.75) is 51.5 Å². The molecule has 0 saturated carbocycles. The number of hydrogen-bond acceptors (Lipinski definition) is 3. The molecule has 3 heterocycles. The third kappa shape index (κ3) is 2.44. The van der Waals surface area contributed by atoms with E-state index in [0.717, 1.165) is 24.6 Å². The smallest absolute Gasteiger partial charge is 0.151 e. The van der Waals surface area contributed by atoms with Crippen LogP contribution in [0, 0.1) is 5.92 Å². The monoisotopic (exact) mass is 248 g/mol. The maximum atomic E-state index is 4.75. The fourth-order valence-corrected chi connectivity index (χ4v) is 3.39. The van der Waals surface area contributed by atoms with Gasteiger partial charge in [0.05, 0.1) is 6.04 Å². The van der Waals surface area contributed by atoms with Crippen molar-refractivity contribution in [3.63, 3.8) is 0 Å². The zero-order valence-electron chi connectivity index (χ0n) is 11.6. The summed E-state index contributed by atoms with van der Waals surface area (Å²) < 4.78 is 2.17. The Hall–Kier alpha value is -0.900. The van der Waals surface area contributed by atoms with E-state index in [1.165, 1.54) is 44.6 Å². The van der Waals surface area contributed by atoms with Crippen LogP contribution in [0.5, 0.6) is 0 Å². The van der Waals surface area contributed by atoms with E-state index in [4.69, 9.17) is 10.1 Å². The van der Waals surface area contributed by atoms with Crippen LogP contribution in [0.3, 0.4) is 0 Å². The molecule has 4 nitrogen and oxygen atoms in total. The highest BCUT2D eigenvalue weighted by Gasteiger charge is 2.23. The van der Waals surface area contributed by atoms with Gasteiger partial charge in [0.1, 0.15) is 5.82 Å². The van der Waals surface area contributed by atoms with Gasteiger partial charge in [0.15, 0.2) is 5.82 Å². The number of piperidine rings is 1. The molecule has 2 unspecified atom stereocenters. The molecule has 1 saturated heterocycles. The molecule has 0 aliphatic carbocycles. The van der Waals surface area contributed by atoms with E-state index >= 15 is 0 Å². The first-order valence-electron chi connectivity index (χ1n) is 7.35. The molecule has 1 aromatic rings. The van der Waals surface area contributed by atoms with Gasteiger partial charge in [-0.1, -0.05) is 0 Å². The fraction of sp³-hybridized carbons (Fsp3) is 0.857. The zero-order valence-corrected chi connectivity index (χ0v) is 11.6. The lowest BCUT2D eigenvalue weighted by Gasteiger charge is -2.28. The third-order valence-corrected chi connectivity index (χ3v) is 4.38. The molecule has 2 atom stereocenters. The van der Waals surface area contributed by atoms with E-state index in [-0.39, 0.29) is 0 Å². The van der Waals surface area contributed by atoms with Gasteiger partial charge in [-0.25, -0.2) is 9.67 Å². The fourth-order valence-electron chi connectivity index (χ4n) is 3.39. The second kappa shape index (κ2) is 5.00. The Balaban J connectivity index is 1.69. The molecule has 0 spiro atoms. The minimum Gasteiger partial charge on any atom is -0.306 e. The van der Waals surface area contributed by atoms with Crippen LogP contribution in [0.4, 0.5) is 0 Å². The topological polar surface area (TPSA) is 34.0 Å². The molecule has 0 amide bonds. The Labute approximate surface area is 109 Å². The number of aromatic nitrogens is 3. The quantitative estimate of drug-likeness (QED) is 0.803. The van der Waals surface area contributed by atoms with Crippen LogP contribution >= 0.6 is 0 Å². The summed E-state index contributed by atoms with van der Waals surface area (Å²) in [4.78, 5) is 7.19. The first-order chi connectivity index (χ1) is 8.72. The molecular weight excluding hydrogens is 224 g/mol. The minimum atomic E-state index is 0.545. The summed E-state index contributed by atoms with van der Waals surface area (Å²) in [5.41, 5.74) is 0. The summed E-state index contributed by atoms with van der Waals surface area (Å²) in [6, 6.07) is 0.545. The SMILES string of the molecule is CC1CCCc2nc(CC3CCCN(C)C3)nn21. The van der Waals surface area contributed by atoms with Crippen molar-refractivity contribution < 1.29 is 0 Å². The number of rotatable bonds is 2. The summed E-state index contributed by atoms with van der Waals surface area (Å²) >= 11 is 0. The van der Waals surface area contributed by atoms with Gasteiger partial charge in [0, 0.05) is 19.4 Å². The van der Waals surface area contributed by atoms with Gasteiger partial charge in [0.25, 0.3) is 0 Å². The van der Waals surface area contributed by atoms with Crippen LogP contribution in [-0.4, -0.2) is 39.8 Å². The van der Waals surface area contributed by atoms with Crippen LogP contribution in [0.15, 0.2) is 0 Å². The molecule has 0 radical (unpaired) electrons. The van der Waals surface area contributed by atoms with Crippen molar-refractivity contribution in [3.8, 4) is 0 Å². The first-order valence-corrected chi connectivity index (χ1v) is 7.35. The zero-order chi connectivity index (χ0) is 12.5. The average molecular weight is 248 g/mol. The van der Waals surface area contributed by atoms with Crippen LogP contribution in [0.2, 0.25) is 0 Å². The molecular formula is C14H24N4. The Morgan fingerprint density at radius 1 is 1.28 bits per heavy atom. The van der Waals surface area contributed by atoms with Crippen molar-refractivity contribution >= 4 is 0 Å². The maximum absolute atomic E-state index is 4.75. The van der Waals surface area contributed by atoms with E-state index < -0.39 is 0 Å². The lowest BCUT2D eigenvalue weighted by Crippen LogP contribution is -2.33. The van der Waals surface area contributed by atoms with E-state index in [2.05, 4.69) is 23.6 Å². The summed E-state index contributed by atoms with van der Waals surface area (Å²) in [6.07, 6.45) is 7.36. The highest BCUT2D eigenvalue weighted by atomic mass is 15.4. The van der Waals surface area contributed by atoms with Crippen molar-refractivity contribution in [2.24, 2.45) is 5.92 Å². The average Bonchev–Trinajstić information content (AvgIpc) is 2.73. The Morgan fingerprint density at radius 3 is 2.94 bits per heavy atom. The molecule has 2 aliphatic heterocycles. The number of likely N-dealkylation sites (tertiary alicyclic amines) is 1. The molecule has 0 aromatic carbocycles. The molecule has 3 rings (SSSR count). The molecule has 1 fully saturated rings. The number of hydrogen-bond donors (Lipinski definition) is 0. The van der Waals surface area contributed by atoms with Crippen LogP contribution in [0.1, 0.15) is 50.3 Å². The van der Waals surface area contributed by atoms with Crippen LogP contribution in [0.25, 0.3) is 0 Å². The van der Waals surface area contributed by atoms with Crippen LogP contribution in [-0.2, 0) is 12.8 Å². The highest BCUT2D eigenvalue weighted by Crippen LogP contribution is 2.24. The summed E-state index contributed by atoms with van der Waals surface area (Å²) in [5, 5.41) is 4.74. The molecule has 18 heavy (non-hydrogen) atoms. The second-order valence-corrected chi connectivity index (χ2v) is 6.10. The predicted molar refractivity (Wildman–Crippen MR) is 71.6 cm³/mol. The van der Waals surface area contributed by atoms with E-state index in [1.54, 1.807) is 0 Å². The van der Waals surface area contributed by atoms with Crippen molar-refractivity contribution in [3.05, 3.63) is 11.6 Å². The van der Waals surface area contributed by atoms with E-state index in [1.807, 2.05) is 0 Å². The summed E-state index contributed by atoms with van der Waals surface area (Å²) in [6.45, 7) is 4.72. The number of nitrogens with zero attached hydrogens (tertiary/aromatic N) is 4. The minimum absolute atomic E-state index is 0.545. The summed E-state index contributed by atoms with van der Waals surface area (Å²) in [7, 11) is 2.22. The lowest BCUT2D eigenvalue weighted by molar-refractivity contribution is 0.207. The Morgan fingerprint density at radius 2 is 2.17 bits per heavy atom. The Bertz CT molecular complexity index is 412. The lowest BCUT2D eigenvalue weighted by atomic mass is 9.95. The van der Waals surface area contributed by atoms with Gasteiger partial charge < -0.3 is 4.90 Å². The molecule has 0 N–H and O–H groups in total. The van der Waals surface area contributed by atoms with E-state index in [9.17, 15) is 0 Å². The van der Waals surface area contributed by atoms with Crippen molar-refractivity contribution in [2.75, 3.05) is 20.1 Å². The number of aryl methyl sites for hydroxylation is 1. The van der Waals surface area contributed by atoms with Gasteiger partial charge in [-0.2, -0.15) is 5.10 Å². The predicted octanol–water partition coefficient (Wildman–Crippen LogP) is 2.06. The van der Waals surface area contributed by atoms with Gasteiger partial charge in [0.2, 0.25) is 0 Å². The molecule has 100 valence electrons. The van der Waals surface area contributed by atoms with Gasteiger partial charge in [-0.05, 0) is 52.1 Å². The summed E-state index contributed by atoms with van der Waals surface area (Å²) in [5.74, 6) is 3.05. The highest BCUT2D eigenvalue weighted by molar-refractivity contribution is 4.99. The Kier molecular flexibility index (Phi) is 3.37. The molecule has 1 aromatic heterocycles. The van der Waals surface area contributed by atoms with Crippen molar-refractivity contribution in [1.29, 1.82) is 0 Å².